The zero-order valence-electron chi connectivity index (χ0n) is 12.0. The van der Waals surface area contributed by atoms with Gasteiger partial charge in [0.25, 0.3) is 10.1 Å². The van der Waals surface area contributed by atoms with Gasteiger partial charge in [-0.1, -0.05) is 6.58 Å². The molecule has 0 atom stereocenters. The fourth-order valence-corrected chi connectivity index (χ4v) is 2.11. The highest BCUT2D eigenvalue weighted by molar-refractivity contribution is 7.88. The van der Waals surface area contributed by atoms with Crippen LogP contribution in [0.2, 0.25) is 0 Å². The van der Waals surface area contributed by atoms with Crippen molar-refractivity contribution in [3.8, 4) is 0 Å². The molecule has 0 saturated carbocycles. The molecule has 0 rings (SSSR count). The second-order valence-electron chi connectivity index (χ2n) is 5.87. The Hall–Kier alpha value is -0.880. The maximum Gasteiger partial charge on any atom is 0.274 e. The van der Waals surface area contributed by atoms with Crippen LogP contribution in [0.4, 0.5) is 0 Å². The number of nitrogens with one attached hydrogen (secondary N) is 1. The van der Waals surface area contributed by atoms with Gasteiger partial charge in [-0.15, -0.1) is 0 Å². The molecule has 5 nitrogen and oxygen atoms in total. The molecule has 0 bridgehead atoms. The van der Waals surface area contributed by atoms with Gasteiger partial charge >= 0.3 is 0 Å². The summed E-state index contributed by atoms with van der Waals surface area (Å²) in [6.07, 6.45) is 0. The summed E-state index contributed by atoms with van der Waals surface area (Å²) in [6, 6.07) is 0. The Morgan fingerprint density at radius 3 is 2.00 bits per heavy atom. The van der Waals surface area contributed by atoms with E-state index in [1.165, 1.54) is 13.8 Å². The second kappa shape index (κ2) is 5.40. The van der Waals surface area contributed by atoms with Crippen molar-refractivity contribution in [3.05, 3.63) is 12.2 Å². The molecule has 1 amide bonds. The summed E-state index contributed by atoms with van der Waals surface area (Å²) in [6.45, 7) is 13.0. The van der Waals surface area contributed by atoms with Crippen molar-refractivity contribution >= 4 is 16.0 Å². The summed E-state index contributed by atoms with van der Waals surface area (Å²) < 4.78 is 28.0. The monoisotopic (exact) mass is 277 g/mol. The second-order valence-corrected chi connectivity index (χ2v) is 8.05. The molecular formula is C12H23NO4S. The number of hydrogen-bond acceptors (Lipinski definition) is 4. The van der Waals surface area contributed by atoms with Crippen molar-refractivity contribution in [2.75, 3.05) is 6.54 Å². The summed E-state index contributed by atoms with van der Waals surface area (Å²) in [5, 5.41) is 2.52. The van der Waals surface area contributed by atoms with Crippen molar-refractivity contribution in [2.24, 2.45) is 0 Å². The summed E-state index contributed by atoms with van der Waals surface area (Å²) >= 11 is 0. The number of amides is 1. The highest BCUT2D eigenvalue weighted by Gasteiger charge is 2.38. The molecule has 0 aromatic carbocycles. The van der Waals surface area contributed by atoms with Crippen molar-refractivity contribution < 1.29 is 17.4 Å². The quantitative estimate of drug-likeness (QED) is 0.612. The number of carbonyl (C=O) groups excluding carboxylic acids is 1. The predicted molar refractivity (Wildman–Crippen MR) is 71.7 cm³/mol. The van der Waals surface area contributed by atoms with Crippen LogP contribution in [0.15, 0.2) is 12.2 Å². The van der Waals surface area contributed by atoms with E-state index in [9.17, 15) is 13.2 Å². The third kappa shape index (κ3) is 5.18. The highest BCUT2D eigenvalue weighted by Crippen LogP contribution is 2.23. The molecule has 0 aliphatic heterocycles. The molecule has 0 spiro atoms. The molecule has 0 aliphatic rings. The third-order valence-corrected chi connectivity index (χ3v) is 4.32. The molecule has 0 heterocycles. The zero-order chi connectivity index (χ0) is 14.8. The van der Waals surface area contributed by atoms with Crippen LogP contribution in [0.25, 0.3) is 0 Å². The Morgan fingerprint density at radius 1 is 1.22 bits per heavy atom. The summed E-state index contributed by atoms with van der Waals surface area (Å²) in [7, 11) is -3.78. The molecule has 18 heavy (non-hydrogen) atoms. The normalized spacial score (nSPS) is 13.2. The van der Waals surface area contributed by atoms with Gasteiger partial charge in [0.2, 0.25) is 5.91 Å². The molecule has 0 aromatic rings. The topological polar surface area (TPSA) is 72.5 Å². The largest absolute Gasteiger partial charge is 0.351 e. The van der Waals surface area contributed by atoms with E-state index < -0.39 is 20.5 Å². The smallest absolute Gasteiger partial charge is 0.274 e. The SMILES string of the molecule is C=C(C)C(=O)NCC(C)(C)S(=O)(=O)OC(C)(C)C. The molecule has 0 aliphatic carbocycles. The van der Waals surface area contributed by atoms with E-state index in [4.69, 9.17) is 4.18 Å². The molecule has 6 heteroatoms. The first-order valence-corrected chi connectivity index (χ1v) is 7.08. The van der Waals surface area contributed by atoms with Crippen LogP contribution in [0.1, 0.15) is 41.5 Å². The summed E-state index contributed by atoms with van der Waals surface area (Å²) in [4.78, 5) is 11.4. The van der Waals surface area contributed by atoms with Gasteiger partial charge in [-0.3, -0.25) is 8.98 Å². The fraction of sp³-hybridized carbons (Fsp3) is 0.750. The maximum atomic E-state index is 12.1. The molecule has 0 aromatic heterocycles. The molecule has 0 radical (unpaired) electrons. The number of carbonyl (C=O) groups is 1. The predicted octanol–water partition coefficient (Wildman–Crippen LogP) is 1.60. The van der Waals surface area contributed by atoms with Crippen LogP contribution < -0.4 is 5.32 Å². The van der Waals surface area contributed by atoms with Crippen molar-refractivity contribution in [2.45, 2.75) is 51.9 Å². The fourth-order valence-electron chi connectivity index (χ4n) is 0.974. The first-order valence-electron chi connectivity index (χ1n) is 5.67. The molecule has 0 saturated heterocycles. The number of hydrogen-bond donors (Lipinski definition) is 1. The lowest BCUT2D eigenvalue weighted by Gasteiger charge is -2.29. The Balaban J connectivity index is 4.82. The van der Waals surface area contributed by atoms with E-state index in [0.717, 1.165) is 0 Å². The molecule has 0 fully saturated rings. The first-order chi connectivity index (χ1) is 7.78. The van der Waals surface area contributed by atoms with Crippen molar-refractivity contribution in [1.29, 1.82) is 0 Å². The number of rotatable bonds is 5. The standard InChI is InChI=1S/C12H23NO4S/c1-9(2)10(14)13-8-12(6,7)18(15,16)17-11(3,4)5/h1,8H2,2-7H3,(H,13,14). The molecule has 1 N–H and O–H groups in total. The average Bonchev–Trinajstić information content (AvgIpc) is 2.09. The van der Waals surface area contributed by atoms with Crippen LogP contribution >= 0.6 is 0 Å². The minimum Gasteiger partial charge on any atom is -0.351 e. The van der Waals surface area contributed by atoms with E-state index in [2.05, 4.69) is 11.9 Å². The summed E-state index contributed by atoms with van der Waals surface area (Å²) in [5.74, 6) is -0.367. The van der Waals surface area contributed by atoms with Gasteiger partial charge in [-0.2, -0.15) is 8.42 Å². The molecule has 106 valence electrons. The first kappa shape index (κ1) is 17.1. The molecule has 0 unspecified atom stereocenters. The Kier molecular flexibility index (Phi) is 5.14. The van der Waals surface area contributed by atoms with Crippen LogP contribution in [-0.2, 0) is 19.1 Å². The van der Waals surface area contributed by atoms with Gasteiger partial charge in [0.15, 0.2) is 0 Å². The Labute approximate surface area is 110 Å². The van der Waals surface area contributed by atoms with Crippen LogP contribution in [0.5, 0.6) is 0 Å². The van der Waals surface area contributed by atoms with E-state index in [0.29, 0.717) is 5.57 Å². The minimum absolute atomic E-state index is 0.0306. The van der Waals surface area contributed by atoms with E-state index >= 15 is 0 Å². The van der Waals surface area contributed by atoms with Gasteiger partial charge in [-0.05, 0) is 41.5 Å². The lowest BCUT2D eigenvalue weighted by Crippen LogP contribution is -2.47. The van der Waals surface area contributed by atoms with Crippen LogP contribution in [0, 0.1) is 0 Å². The van der Waals surface area contributed by atoms with Gasteiger partial charge in [-0.25, -0.2) is 0 Å². The lowest BCUT2D eigenvalue weighted by molar-refractivity contribution is -0.117. The van der Waals surface area contributed by atoms with Crippen LogP contribution in [0.3, 0.4) is 0 Å². The zero-order valence-corrected chi connectivity index (χ0v) is 12.8. The van der Waals surface area contributed by atoms with Gasteiger partial charge in [0, 0.05) is 12.1 Å². The minimum atomic E-state index is -3.78. The van der Waals surface area contributed by atoms with E-state index in [1.807, 2.05) is 0 Å². The molecular weight excluding hydrogens is 254 g/mol. The van der Waals surface area contributed by atoms with E-state index in [-0.39, 0.29) is 12.5 Å². The van der Waals surface area contributed by atoms with Crippen molar-refractivity contribution in [1.82, 2.24) is 5.32 Å². The van der Waals surface area contributed by atoms with E-state index in [1.54, 1.807) is 27.7 Å². The van der Waals surface area contributed by atoms with Gasteiger partial charge in [0.05, 0.1) is 5.60 Å². The Bertz CT molecular complexity index is 429. The van der Waals surface area contributed by atoms with Crippen LogP contribution in [-0.4, -0.2) is 31.2 Å². The maximum absolute atomic E-state index is 12.1. The van der Waals surface area contributed by atoms with Gasteiger partial charge < -0.3 is 5.32 Å². The lowest BCUT2D eigenvalue weighted by atomic mass is 10.2. The van der Waals surface area contributed by atoms with Gasteiger partial charge in [0.1, 0.15) is 4.75 Å². The summed E-state index contributed by atoms with van der Waals surface area (Å²) in [5.41, 5.74) is -0.464. The van der Waals surface area contributed by atoms with Crippen molar-refractivity contribution in [3.63, 3.8) is 0 Å². The third-order valence-electron chi connectivity index (χ3n) is 2.10. The Morgan fingerprint density at radius 2 is 1.67 bits per heavy atom. The average molecular weight is 277 g/mol. The highest BCUT2D eigenvalue weighted by atomic mass is 32.2.